The molecule has 6 atom stereocenters. The Morgan fingerprint density at radius 2 is 1.03 bits per heavy atom. The van der Waals surface area contributed by atoms with E-state index in [9.17, 15) is 34.2 Å². The summed E-state index contributed by atoms with van der Waals surface area (Å²) in [5, 5.41) is 87.2. The van der Waals surface area contributed by atoms with Crippen molar-refractivity contribution >= 4 is 29.8 Å². The first-order chi connectivity index (χ1) is 14.0. The molecule has 0 amide bonds. The van der Waals surface area contributed by atoms with Crippen molar-refractivity contribution in [2.75, 3.05) is 6.61 Å². The van der Waals surface area contributed by atoms with Gasteiger partial charge in [0.05, 0.1) is 43.5 Å². The standard InChI is InChI=1S/C6H12O7.2C4H7NO4.Zn/c7-1-2(8)3(9)4(10)5(11)6(12)13;2*5-2(4(8)9)1-3(6)7;/h2-5,7-11H,1H2,(H,12,13);2*2H,1,5H2,(H,6,7)(H,8,9);/q;;;+2/p-2/t2-,3-,4+,5-;2*2-;/m100./s1. The summed E-state index contributed by atoms with van der Waals surface area (Å²) in [6.07, 6.45) is -9.03. The van der Waals surface area contributed by atoms with Crippen LogP contribution in [0.5, 0.6) is 0 Å². The number of carbonyl (C=O) groups is 5. The Kier molecular flexibility index (Phi) is 22.4. The second-order valence-corrected chi connectivity index (χ2v) is 5.56. The third-order valence-electron chi connectivity index (χ3n) is 2.90. The maximum Gasteiger partial charge on any atom is 2.00 e. The van der Waals surface area contributed by atoms with Crippen molar-refractivity contribution in [1.29, 1.82) is 0 Å². The van der Waals surface area contributed by atoms with Crippen molar-refractivity contribution < 1.29 is 94.5 Å². The normalized spacial score (nSPS) is 15.3. The fourth-order valence-electron chi connectivity index (χ4n) is 1.21. The van der Waals surface area contributed by atoms with Crippen LogP contribution in [-0.4, -0.2) is 114 Å². The van der Waals surface area contributed by atoms with Gasteiger partial charge in [-0.25, -0.2) is 4.79 Å². The van der Waals surface area contributed by atoms with Crippen LogP contribution in [0, 0.1) is 0 Å². The molecule has 32 heavy (non-hydrogen) atoms. The Morgan fingerprint density at radius 1 is 0.719 bits per heavy atom. The average molecular weight is 526 g/mol. The molecule has 0 radical (unpaired) electrons. The van der Waals surface area contributed by atoms with Crippen LogP contribution in [0.1, 0.15) is 12.8 Å². The fourth-order valence-corrected chi connectivity index (χ4v) is 1.21. The van der Waals surface area contributed by atoms with E-state index in [2.05, 4.69) is 0 Å². The van der Waals surface area contributed by atoms with Crippen LogP contribution >= 0.6 is 0 Å². The molecule has 0 rings (SSSR count). The Bertz CT molecular complexity index is 573. The van der Waals surface area contributed by atoms with E-state index >= 15 is 0 Å². The molecule has 0 fully saturated rings. The van der Waals surface area contributed by atoms with E-state index in [-0.39, 0.29) is 19.5 Å². The molecule has 0 aliphatic heterocycles. The van der Waals surface area contributed by atoms with E-state index in [1.54, 1.807) is 0 Å². The fraction of sp³-hybridized carbons (Fsp3) is 0.643. The minimum Gasteiger partial charge on any atom is -0.548 e. The quantitative estimate of drug-likeness (QED) is 0.112. The molecule has 182 valence electrons. The number of carboxylic acid groups (broad SMARTS) is 5. The zero-order chi connectivity index (χ0) is 25.5. The molecule has 0 aromatic heterocycles. The van der Waals surface area contributed by atoms with Gasteiger partial charge in [0.1, 0.15) is 18.3 Å². The number of rotatable bonds is 11. The van der Waals surface area contributed by atoms with E-state index in [0.717, 1.165) is 0 Å². The first-order valence-electron chi connectivity index (χ1n) is 7.91. The minimum absolute atomic E-state index is 0. The van der Waals surface area contributed by atoms with Crippen molar-refractivity contribution in [2.45, 2.75) is 49.3 Å². The van der Waals surface area contributed by atoms with Gasteiger partial charge in [0.2, 0.25) is 0 Å². The van der Waals surface area contributed by atoms with E-state index in [1.807, 2.05) is 0 Å². The minimum atomic E-state index is -2.20. The molecule has 0 aromatic rings. The van der Waals surface area contributed by atoms with Crippen LogP contribution < -0.4 is 21.7 Å². The first kappa shape index (κ1) is 37.0. The van der Waals surface area contributed by atoms with Gasteiger partial charge in [0, 0.05) is 0 Å². The molecular weight excluding hydrogens is 502 g/mol. The average Bonchev–Trinajstić information content (AvgIpc) is 2.65. The molecule has 0 saturated carbocycles. The number of aliphatic carboxylic acids is 5. The predicted octanol–water partition coefficient (Wildman–Crippen LogP) is -8.42. The summed E-state index contributed by atoms with van der Waals surface area (Å²) in [5.41, 5.74) is 9.55. The molecule has 0 spiro atoms. The molecule has 0 aromatic carbocycles. The molecular formula is C14H24N2O15Zn. The van der Waals surface area contributed by atoms with Crippen LogP contribution in [0.2, 0.25) is 0 Å². The number of carboxylic acids is 5. The van der Waals surface area contributed by atoms with Crippen molar-refractivity contribution in [3.8, 4) is 0 Å². The third-order valence-corrected chi connectivity index (χ3v) is 2.90. The maximum absolute atomic E-state index is 10.1. The summed E-state index contributed by atoms with van der Waals surface area (Å²) < 4.78 is 0. The van der Waals surface area contributed by atoms with Gasteiger partial charge >= 0.3 is 37.4 Å². The topological polar surface area (TPSA) is 345 Å². The number of carbonyl (C=O) groups excluding carboxylic acids is 2. The number of hydrogen-bond donors (Lipinski definition) is 10. The molecule has 0 saturated heterocycles. The van der Waals surface area contributed by atoms with Crippen molar-refractivity contribution in [1.82, 2.24) is 0 Å². The molecule has 0 aliphatic rings. The van der Waals surface area contributed by atoms with E-state index in [4.69, 9.17) is 52.3 Å². The van der Waals surface area contributed by atoms with E-state index < -0.39 is 85.8 Å². The zero-order valence-corrected chi connectivity index (χ0v) is 19.3. The van der Waals surface area contributed by atoms with E-state index in [1.165, 1.54) is 0 Å². The maximum atomic E-state index is 10.1. The molecule has 0 aliphatic carbocycles. The second kappa shape index (κ2) is 19.4. The monoisotopic (exact) mass is 524 g/mol. The number of nitrogens with two attached hydrogens (primary N) is 2. The Balaban J connectivity index is -0.000000186. The molecule has 18 heteroatoms. The van der Waals surface area contributed by atoms with Gasteiger partial charge in [-0.05, 0) is 0 Å². The van der Waals surface area contributed by atoms with Crippen molar-refractivity contribution in [2.24, 2.45) is 11.5 Å². The second-order valence-electron chi connectivity index (χ2n) is 5.56. The predicted molar refractivity (Wildman–Crippen MR) is 89.2 cm³/mol. The van der Waals surface area contributed by atoms with Crippen molar-refractivity contribution in [3.05, 3.63) is 0 Å². The van der Waals surface area contributed by atoms with Crippen molar-refractivity contribution in [3.63, 3.8) is 0 Å². The summed E-state index contributed by atoms with van der Waals surface area (Å²) in [6, 6.07) is -2.80. The van der Waals surface area contributed by atoms with Gasteiger partial charge in [0.25, 0.3) is 0 Å². The van der Waals surface area contributed by atoms with Gasteiger partial charge in [-0.3, -0.25) is 9.59 Å². The summed E-state index contributed by atoms with van der Waals surface area (Å²) in [6.45, 7) is -0.843. The SMILES string of the molecule is N[C@@H](CC(=O)O)C(=O)[O-].N[C@@H](CC(=O)O)C(=O)[O-].O=C(O)[C@H](O)[C@@H](O)[C@H](O)[C@H](O)CO.[Zn+2]. The van der Waals surface area contributed by atoms with Gasteiger partial charge in [0.15, 0.2) is 6.10 Å². The molecule has 0 unspecified atom stereocenters. The third kappa shape index (κ3) is 19.6. The number of aliphatic hydroxyl groups is 5. The summed E-state index contributed by atoms with van der Waals surface area (Å²) in [5.74, 6) is -7.30. The number of aliphatic hydroxyl groups excluding tert-OH is 5. The largest absolute Gasteiger partial charge is 2.00 e. The Labute approximate surface area is 192 Å². The van der Waals surface area contributed by atoms with Crippen LogP contribution in [0.3, 0.4) is 0 Å². The molecule has 0 heterocycles. The van der Waals surface area contributed by atoms with Gasteiger partial charge in [-0.2, -0.15) is 0 Å². The summed E-state index contributed by atoms with van der Waals surface area (Å²) in [7, 11) is 0. The number of hydrogen-bond acceptors (Lipinski definition) is 14. The Morgan fingerprint density at radius 3 is 1.19 bits per heavy atom. The van der Waals surface area contributed by atoms with Crippen LogP contribution in [0.4, 0.5) is 0 Å². The molecule has 12 N–H and O–H groups in total. The Hall–Kier alpha value is -2.31. The van der Waals surface area contributed by atoms with E-state index in [0.29, 0.717) is 0 Å². The van der Waals surface area contributed by atoms with Crippen LogP contribution in [0.15, 0.2) is 0 Å². The zero-order valence-electron chi connectivity index (χ0n) is 16.4. The summed E-state index contributed by atoms with van der Waals surface area (Å²) >= 11 is 0. The first-order valence-corrected chi connectivity index (χ1v) is 7.91. The van der Waals surface area contributed by atoms with Crippen LogP contribution in [0.25, 0.3) is 0 Å². The van der Waals surface area contributed by atoms with Gasteiger partial charge in [-0.1, -0.05) is 0 Å². The summed E-state index contributed by atoms with van der Waals surface area (Å²) in [4.78, 5) is 49.0. The van der Waals surface area contributed by atoms with Crippen LogP contribution in [-0.2, 0) is 43.5 Å². The smallest absolute Gasteiger partial charge is 0.548 e. The van der Waals surface area contributed by atoms with Gasteiger partial charge in [-0.15, -0.1) is 0 Å². The molecule has 0 bridgehead atoms. The molecule has 17 nitrogen and oxygen atoms in total. The van der Waals surface area contributed by atoms with Gasteiger partial charge < -0.3 is 72.1 Å².